The van der Waals surface area contributed by atoms with Crippen LogP contribution in [-0.4, -0.2) is 83.7 Å². The summed E-state index contributed by atoms with van der Waals surface area (Å²) in [5.41, 5.74) is 2.30. The molecular formula is C30H33F2N7O3. The largest absolute Gasteiger partial charge is 0.494 e. The molecule has 0 bridgehead atoms. The van der Waals surface area contributed by atoms with E-state index in [0.29, 0.717) is 51.6 Å². The summed E-state index contributed by atoms with van der Waals surface area (Å²) < 4.78 is 40.0. The molecule has 0 aliphatic carbocycles. The molecule has 12 heteroatoms. The number of hydrogen-bond donors (Lipinski definition) is 2. The van der Waals surface area contributed by atoms with Gasteiger partial charge in [-0.05, 0) is 31.3 Å². The van der Waals surface area contributed by atoms with Gasteiger partial charge in [-0.1, -0.05) is 24.8 Å². The number of likely N-dealkylation sites (N-methyl/N-ethyl adjacent to an activating group) is 1. The third-order valence-corrected chi connectivity index (χ3v) is 7.13. The number of ether oxygens (including phenoxy) is 2. The molecular weight excluding hydrogens is 544 g/mol. The third kappa shape index (κ3) is 6.50. The summed E-state index contributed by atoms with van der Waals surface area (Å²) in [5, 5.41) is 6.57. The van der Waals surface area contributed by atoms with Gasteiger partial charge in [-0.25, -0.2) is 9.97 Å². The number of methoxy groups -OCH3 is 1. The minimum Gasteiger partial charge on any atom is -0.494 e. The van der Waals surface area contributed by atoms with E-state index in [1.807, 2.05) is 0 Å². The minimum atomic E-state index is -2.70. The predicted octanol–water partition coefficient (Wildman–Crippen LogP) is 5.00. The van der Waals surface area contributed by atoms with Crippen molar-refractivity contribution in [2.75, 3.05) is 64.1 Å². The number of carbonyl (C=O) groups is 1. The molecule has 0 spiro atoms. The van der Waals surface area contributed by atoms with Crippen LogP contribution in [0.3, 0.4) is 0 Å². The van der Waals surface area contributed by atoms with Crippen LogP contribution in [0, 0.1) is 0 Å². The van der Waals surface area contributed by atoms with Gasteiger partial charge in [-0.15, -0.1) is 0 Å². The van der Waals surface area contributed by atoms with Crippen LogP contribution in [0.1, 0.15) is 6.55 Å². The van der Waals surface area contributed by atoms with E-state index >= 15 is 0 Å². The molecule has 3 heterocycles. The van der Waals surface area contributed by atoms with Crippen LogP contribution in [0.15, 0.2) is 67.5 Å². The highest BCUT2D eigenvalue weighted by atomic mass is 19.3. The summed E-state index contributed by atoms with van der Waals surface area (Å²) in [4.78, 5) is 25.8. The second kappa shape index (κ2) is 13.0. The van der Waals surface area contributed by atoms with Gasteiger partial charge in [0.15, 0.2) is 0 Å². The molecule has 42 heavy (non-hydrogen) atoms. The summed E-state index contributed by atoms with van der Waals surface area (Å²) in [6.45, 7) is 5.96. The van der Waals surface area contributed by atoms with Gasteiger partial charge in [-0.3, -0.25) is 14.3 Å². The summed E-state index contributed by atoms with van der Waals surface area (Å²) in [5.74, 6) is 0.689. The Bertz CT molecular complexity index is 1570. The van der Waals surface area contributed by atoms with Crippen molar-refractivity contribution in [1.82, 2.24) is 24.3 Å². The number of para-hydroxylation sites is 1. The van der Waals surface area contributed by atoms with Crippen LogP contribution in [0.2, 0.25) is 0 Å². The van der Waals surface area contributed by atoms with Gasteiger partial charge in [0.2, 0.25) is 11.9 Å². The fraction of sp³-hybridized carbons (Fsp3) is 0.300. The summed E-state index contributed by atoms with van der Waals surface area (Å²) in [7, 11) is 3.63. The number of fused-ring (bicyclic) bond motifs is 1. The number of aromatic nitrogens is 3. The van der Waals surface area contributed by atoms with E-state index < -0.39 is 12.5 Å². The number of carbonyl (C=O) groups excluding carboxylic acids is 1. The molecule has 1 saturated heterocycles. The van der Waals surface area contributed by atoms with Crippen molar-refractivity contribution in [3.8, 4) is 22.8 Å². The molecule has 4 aromatic rings. The zero-order valence-electron chi connectivity index (χ0n) is 23.5. The first-order valence-corrected chi connectivity index (χ1v) is 13.5. The standard InChI is InChI=1S/C30H33F2N7O3/c1-4-28(40)34-24-17-23(26(41-3)18-27(24)42-16-15-38-13-11-37(2)12-14-38)36-30-33-10-9-22(35-30)21-19-39(29(31)32)25-8-6-5-7-20(21)25/h4-10,17-19,29H,1,11-16H2,2-3H3,(H,34,40)(H,33,35,36). The summed E-state index contributed by atoms with van der Waals surface area (Å²) in [6, 6.07) is 11.9. The molecule has 0 atom stereocenters. The Morgan fingerprint density at radius 3 is 2.64 bits per heavy atom. The molecule has 2 aromatic heterocycles. The zero-order chi connectivity index (χ0) is 29.6. The number of nitrogens with zero attached hydrogens (tertiary/aromatic N) is 5. The van der Waals surface area contributed by atoms with Gasteiger partial charge in [0, 0.05) is 62.1 Å². The Morgan fingerprint density at radius 1 is 1.12 bits per heavy atom. The molecule has 0 unspecified atom stereocenters. The van der Waals surface area contributed by atoms with Crippen molar-refractivity contribution in [2.45, 2.75) is 6.55 Å². The van der Waals surface area contributed by atoms with E-state index in [-0.39, 0.29) is 5.95 Å². The second-order valence-electron chi connectivity index (χ2n) is 9.87. The first-order chi connectivity index (χ1) is 20.4. The number of halogens is 2. The lowest BCUT2D eigenvalue weighted by Crippen LogP contribution is -2.45. The van der Waals surface area contributed by atoms with Gasteiger partial charge in [0.25, 0.3) is 0 Å². The molecule has 1 amide bonds. The molecule has 5 rings (SSSR count). The highest BCUT2D eigenvalue weighted by Crippen LogP contribution is 2.38. The number of rotatable bonds is 11. The minimum absolute atomic E-state index is 0.212. The van der Waals surface area contributed by atoms with Crippen molar-refractivity contribution in [2.24, 2.45) is 0 Å². The monoisotopic (exact) mass is 577 g/mol. The lowest BCUT2D eigenvalue weighted by Gasteiger charge is -2.32. The van der Waals surface area contributed by atoms with Crippen LogP contribution in [-0.2, 0) is 4.79 Å². The number of nitrogens with one attached hydrogen (secondary N) is 2. The maximum Gasteiger partial charge on any atom is 0.319 e. The Kier molecular flexibility index (Phi) is 8.94. The van der Waals surface area contributed by atoms with Gasteiger partial charge >= 0.3 is 6.55 Å². The Hall–Kier alpha value is -4.55. The molecule has 220 valence electrons. The van der Waals surface area contributed by atoms with Gasteiger partial charge in [-0.2, -0.15) is 8.78 Å². The fourth-order valence-corrected chi connectivity index (χ4v) is 4.84. The Labute approximate surface area is 242 Å². The summed E-state index contributed by atoms with van der Waals surface area (Å²) in [6.07, 6.45) is 4.11. The van der Waals surface area contributed by atoms with Crippen LogP contribution in [0.25, 0.3) is 22.2 Å². The maximum absolute atomic E-state index is 13.7. The quantitative estimate of drug-likeness (QED) is 0.241. The highest BCUT2D eigenvalue weighted by Gasteiger charge is 2.19. The molecule has 0 saturated carbocycles. The molecule has 1 fully saturated rings. The van der Waals surface area contributed by atoms with Crippen LogP contribution in [0.4, 0.5) is 26.1 Å². The lowest BCUT2D eigenvalue weighted by atomic mass is 10.1. The normalized spacial score (nSPS) is 14.2. The number of benzene rings is 2. The zero-order valence-corrected chi connectivity index (χ0v) is 23.5. The predicted molar refractivity (Wildman–Crippen MR) is 159 cm³/mol. The second-order valence-corrected chi connectivity index (χ2v) is 9.87. The number of piperazine rings is 1. The van der Waals surface area contributed by atoms with Crippen LogP contribution < -0.4 is 20.1 Å². The first kappa shape index (κ1) is 29.0. The van der Waals surface area contributed by atoms with E-state index in [4.69, 9.17) is 9.47 Å². The highest BCUT2D eigenvalue weighted by molar-refractivity contribution is 6.00. The smallest absolute Gasteiger partial charge is 0.319 e. The maximum atomic E-state index is 13.7. The van der Waals surface area contributed by atoms with Crippen molar-refractivity contribution in [1.29, 1.82) is 0 Å². The van der Waals surface area contributed by atoms with E-state index in [1.54, 1.807) is 48.7 Å². The van der Waals surface area contributed by atoms with Crippen molar-refractivity contribution in [3.63, 3.8) is 0 Å². The number of hydrogen-bond acceptors (Lipinski definition) is 8. The first-order valence-electron chi connectivity index (χ1n) is 13.5. The van der Waals surface area contributed by atoms with Crippen molar-refractivity contribution in [3.05, 3.63) is 67.5 Å². The molecule has 10 nitrogen and oxygen atoms in total. The SMILES string of the molecule is C=CC(=O)Nc1cc(Nc2nccc(-c3cn(C(F)F)c4ccccc34)n2)c(OC)cc1OCCN1CCN(C)CC1. The molecule has 1 aliphatic rings. The third-order valence-electron chi connectivity index (χ3n) is 7.13. The summed E-state index contributed by atoms with van der Waals surface area (Å²) >= 11 is 0. The molecule has 2 N–H and O–H groups in total. The van der Waals surface area contributed by atoms with Crippen LogP contribution in [0.5, 0.6) is 11.5 Å². The van der Waals surface area contributed by atoms with Gasteiger partial charge in [0.05, 0.1) is 29.7 Å². The number of anilines is 3. The van der Waals surface area contributed by atoms with E-state index in [9.17, 15) is 13.6 Å². The molecule has 1 aliphatic heterocycles. The fourth-order valence-electron chi connectivity index (χ4n) is 4.84. The topological polar surface area (TPSA) is 96.8 Å². The van der Waals surface area contributed by atoms with Crippen molar-refractivity contribution < 1.29 is 23.0 Å². The van der Waals surface area contributed by atoms with Crippen molar-refractivity contribution >= 4 is 34.1 Å². The van der Waals surface area contributed by atoms with Gasteiger partial charge < -0.3 is 25.0 Å². The Balaban J connectivity index is 1.41. The average molecular weight is 578 g/mol. The lowest BCUT2D eigenvalue weighted by molar-refractivity contribution is -0.111. The van der Waals surface area contributed by atoms with Crippen LogP contribution >= 0.6 is 0 Å². The average Bonchev–Trinajstić information content (AvgIpc) is 3.39. The number of amides is 1. The van der Waals surface area contributed by atoms with Gasteiger partial charge in [0.1, 0.15) is 18.1 Å². The van der Waals surface area contributed by atoms with E-state index in [2.05, 4.69) is 44.0 Å². The van der Waals surface area contributed by atoms with E-state index in [0.717, 1.165) is 37.3 Å². The number of alkyl halides is 2. The molecule has 2 aromatic carbocycles. The Morgan fingerprint density at radius 2 is 1.90 bits per heavy atom. The molecule has 0 radical (unpaired) electrons. The van der Waals surface area contributed by atoms with E-state index in [1.165, 1.54) is 19.4 Å².